The van der Waals surface area contributed by atoms with Crippen molar-refractivity contribution in [3.8, 4) is 0 Å². The summed E-state index contributed by atoms with van der Waals surface area (Å²) in [5, 5.41) is 3.14. The van der Waals surface area contributed by atoms with Crippen molar-refractivity contribution in [2.75, 3.05) is 44.2 Å². The van der Waals surface area contributed by atoms with E-state index in [9.17, 15) is 4.79 Å². The fourth-order valence-electron chi connectivity index (χ4n) is 3.93. The van der Waals surface area contributed by atoms with E-state index in [1.54, 1.807) is 12.4 Å². The second-order valence-electron chi connectivity index (χ2n) is 7.22. The van der Waals surface area contributed by atoms with Crippen LogP contribution in [0.1, 0.15) is 25.7 Å². The predicted octanol–water partition coefficient (Wildman–Crippen LogP) is 1.45. The minimum absolute atomic E-state index is 0.0416. The molecule has 2 aromatic rings. The number of anilines is 1. The van der Waals surface area contributed by atoms with Crippen molar-refractivity contribution in [3.05, 3.63) is 24.7 Å². The third-order valence-electron chi connectivity index (χ3n) is 5.39. The van der Waals surface area contributed by atoms with E-state index < -0.39 is 0 Å². The lowest BCUT2D eigenvalue weighted by molar-refractivity contribution is -0.125. The first kappa shape index (κ1) is 17.1. The number of likely N-dealkylation sites (tertiary alicyclic amines) is 1. The van der Waals surface area contributed by atoms with Crippen LogP contribution >= 0.6 is 0 Å². The number of amides is 1. The molecule has 2 aliphatic heterocycles. The lowest BCUT2D eigenvalue weighted by Gasteiger charge is -2.33. The molecule has 2 fully saturated rings. The number of aromatic nitrogens is 3. The van der Waals surface area contributed by atoms with E-state index in [0.29, 0.717) is 5.65 Å². The molecule has 26 heavy (non-hydrogen) atoms. The molecule has 4 rings (SSSR count). The van der Waals surface area contributed by atoms with Gasteiger partial charge in [0.15, 0.2) is 5.65 Å². The summed E-state index contributed by atoms with van der Waals surface area (Å²) < 4.78 is 0. The van der Waals surface area contributed by atoms with E-state index in [4.69, 9.17) is 0 Å². The zero-order valence-electron chi connectivity index (χ0n) is 15.1. The highest BCUT2D eigenvalue weighted by atomic mass is 16.1. The molecule has 0 radical (unpaired) electrons. The Labute approximate surface area is 153 Å². The molecule has 2 aromatic heterocycles. The molecule has 7 nitrogen and oxygen atoms in total. The Morgan fingerprint density at radius 2 is 1.96 bits per heavy atom. The number of nitrogens with one attached hydrogen (secondary N) is 1. The number of pyridine rings is 1. The molecule has 0 saturated carbocycles. The van der Waals surface area contributed by atoms with Gasteiger partial charge in [0, 0.05) is 38.6 Å². The molecule has 1 atom stereocenters. The number of rotatable bonds is 5. The Bertz CT molecular complexity index is 761. The summed E-state index contributed by atoms with van der Waals surface area (Å²) >= 11 is 0. The molecular weight excluding hydrogens is 328 g/mol. The van der Waals surface area contributed by atoms with Crippen LogP contribution in [0.4, 0.5) is 5.69 Å². The number of hydrogen-bond donors (Lipinski definition) is 1. The Kier molecular flexibility index (Phi) is 5.24. The first-order chi connectivity index (χ1) is 12.8. The van der Waals surface area contributed by atoms with Crippen molar-refractivity contribution in [3.63, 3.8) is 0 Å². The van der Waals surface area contributed by atoms with Gasteiger partial charge in [-0.3, -0.25) is 9.78 Å². The zero-order chi connectivity index (χ0) is 17.8. The monoisotopic (exact) mass is 354 g/mol. The van der Waals surface area contributed by atoms with Crippen LogP contribution in [0, 0.1) is 5.92 Å². The fraction of sp³-hybridized carbons (Fsp3) is 0.579. The highest BCUT2D eigenvalue weighted by Gasteiger charge is 2.26. The molecule has 0 aromatic carbocycles. The lowest BCUT2D eigenvalue weighted by Crippen LogP contribution is -2.44. The first-order valence-corrected chi connectivity index (χ1v) is 9.61. The normalized spacial score (nSPS) is 21.2. The van der Waals surface area contributed by atoms with Gasteiger partial charge in [-0.15, -0.1) is 0 Å². The Morgan fingerprint density at radius 1 is 1.12 bits per heavy atom. The second kappa shape index (κ2) is 7.95. The van der Waals surface area contributed by atoms with Gasteiger partial charge >= 0.3 is 0 Å². The highest BCUT2D eigenvalue weighted by molar-refractivity contribution is 5.80. The van der Waals surface area contributed by atoms with Crippen LogP contribution in [0.2, 0.25) is 0 Å². The van der Waals surface area contributed by atoms with E-state index in [0.717, 1.165) is 50.2 Å². The largest absolute Gasteiger partial charge is 0.369 e. The van der Waals surface area contributed by atoms with Gasteiger partial charge < -0.3 is 15.1 Å². The van der Waals surface area contributed by atoms with Crippen molar-refractivity contribution in [2.45, 2.75) is 25.7 Å². The van der Waals surface area contributed by atoms with Gasteiger partial charge in [-0.2, -0.15) is 0 Å². The van der Waals surface area contributed by atoms with Crippen LogP contribution < -0.4 is 10.2 Å². The number of carbonyl (C=O) groups is 1. The fourth-order valence-corrected chi connectivity index (χ4v) is 3.93. The van der Waals surface area contributed by atoms with Crippen molar-refractivity contribution < 1.29 is 4.79 Å². The van der Waals surface area contributed by atoms with Gasteiger partial charge in [0.1, 0.15) is 5.52 Å². The van der Waals surface area contributed by atoms with Crippen LogP contribution in [0.15, 0.2) is 24.7 Å². The smallest absolute Gasteiger partial charge is 0.224 e. The molecule has 138 valence electrons. The Hall–Kier alpha value is -2.28. The lowest BCUT2D eigenvalue weighted by atomic mass is 9.96. The van der Waals surface area contributed by atoms with E-state index in [1.165, 1.54) is 25.9 Å². The van der Waals surface area contributed by atoms with Crippen LogP contribution in [0.5, 0.6) is 0 Å². The Morgan fingerprint density at radius 3 is 2.85 bits per heavy atom. The number of hydrogen-bond acceptors (Lipinski definition) is 6. The third kappa shape index (κ3) is 3.93. The Balaban J connectivity index is 1.34. The van der Waals surface area contributed by atoms with E-state index in [-0.39, 0.29) is 11.8 Å². The topological polar surface area (TPSA) is 74.2 Å². The van der Waals surface area contributed by atoms with E-state index in [2.05, 4.69) is 30.1 Å². The predicted molar refractivity (Wildman–Crippen MR) is 101 cm³/mol. The van der Waals surface area contributed by atoms with Crippen LogP contribution in [-0.4, -0.2) is 65.0 Å². The van der Waals surface area contributed by atoms with Gasteiger partial charge in [-0.25, -0.2) is 9.97 Å². The molecule has 1 amide bonds. The number of fused-ring (bicyclic) bond motifs is 1. The molecule has 7 heteroatoms. The molecule has 0 bridgehead atoms. The summed E-state index contributed by atoms with van der Waals surface area (Å²) in [7, 11) is 0. The quantitative estimate of drug-likeness (QED) is 0.876. The first-order valence-electron chi connectivity index (χ1n) is 9.61. The van der Waals surface area contributed by atoms with Crippen molar-refractivity contribution >= 4 is 22.8 Å². The zero-order valence-corrected chi connectivity index (χ0v) is 15.1. The summed E-state index contributed by atoms with van der Waals surface area (Å²) in [5.41, 5.74) is 2.47. The average Bonchev–Trinajstić information content (AvgIpc) is 3.21. The summed E-state index contributed by atoms with van der Waals surface area (Å²) in [6, 6.07) is 2.02. The number of carbonyl (C=O) groups excluding carboxylic acids is 1. The molecule has 0 unspecified atom stereocenters. The molecular formula is C19H26N6O. The minimum atomic E-state index is 0.0416. The van der Waals surface area contributed by atoms with Gasteiger partial charge in [0.05, 0.1) is 17.8 Å². The maximum atomic E-state index is 12.6. The van der Waals surface area contributed by atoms with Gasteiger partial charge in [0.2, 0.25) is 5.91 Å². The minimum Gasteiger partial charge on any atom is -0.369 e. The molecule has 2 aliphatic rings. The molecule has 4 heterocycles. The van der Waals surface area contributed by atoms with Gasteiger partial charge in [-0.1, -0.05) is 0 Å². The van der Waals surface area contributed by atoms with E-state index >= 15 is 0 Å². The summed E-state index contributed by atoms with van der Waals surface area (Å²) in [6.07, 6.45) is 9.71. The van der Waals surface area contributed by atoms with Crippen molar-refractivity contribution in [2.24, 2.45) is 5.92 Å². The van der Waals surface area contributed by atoms with Gasteiger partial charge in [0.25, 0.3) is 0 Å². The third-order valence-corrected chi connectivity index (χ3v) is 5.39. The molecule has 1 N–H and O–H groups in total. The van der Waals surface area contributed by atoms with Crippen LogP contribution in [0.3, 0.4) is 0 Å². The van der Waals surface area contributed by atoms with Crippen LogP contribution in [-0.2, 0) is 4.79 Å². The molecule has 2 saturated heterocycles. The number of piperidine rings is 1. The standard InChI is InChI=1S/C19H26N6O/c26-19(22-7-11-24-8-1-2-9-24)15-4-3-10-25(14-15)16-12-17-18(23-13-16)21-6-5-20-17/h5-6,12-13,15H,1-4,7-11,14H2,(H,22,26)/t15-/m0/s1. The van der Waals surface area contributed by atoms with Crippen LogP contribution in [0.25, 0.3) is 11.2 Å². The van der Waals surface area contributed by atoms with Gasteiger partial charge in [-0.05, 0) is 44.8 Å². The molecule has 0 aliphatic carbocycles. The summed E-state index contributed by atoms with van der Waals surface area (Å²) in [4.78, 5) is 30.2. The van der Waals surface area contributed by atoms with Crippen molar-refractivity contribution in [1.82, 2.24) is 25.2 Å². The summed E-state index contributed by atoms with van der Waals surface area (Å²) in [6.45, 7) is 5.75. The van der Waals surface area contributed by atoms with Crippen molar-refractivity contribution in [1.29, 1.82) is 0 Å². The van der Waals surface area contributed by atoms with E-state index in [1.807, 2.05) is 12.3 Å². The maximum absolute atomic E-state index is 12.6. The highest BCUT2D eigenvalue weighted by Crippen LogP contribution is 2.24. The summed E-state index contributed by atoms with van der Waals surface area (Å²) in [5.74, 6) is 0.224. The number of nitrogens with zero attached hydrogens (tertiary/aromatic N) is 5. The maximum Gasteiger partial charge on any atom is 0.224 e. The average molecular weight is 354 g/mol. The SMILES string of the molecule is O=C(NCCN1CCCC1)[C@H]1CCCN(c2cnc3nccnc3c2)C1. The second-order valence-corrected chi connectivity index (χ2v) is 7.22. The molecule has 0 spiro atoms.